The predicted octanol–water partition coefficient (Wildman–Crippen LogP) is 11.4. The minimum atomic E-state index is -2.91. The first-order chi connectivity index (χ1) is 19.0. The Bertz CT molecular complexity index is 901. The number of unbranched alkanes of at least 4 members (excludes halogenated alkanes) is 3. The van der Waals surface area contributed by atoms with Crippen molar-refractivity contribution in [2.75, 3.05) is 32.3 Å². The second-order valence-electron chi connectivity index (χ2n) is 13.0. The average Bonchev–Trinajstić information content (AvgIpc) is 2.94. The third kappa shape index (κ3) is 9.88. The molecule has 7 heteroatoms. The van der Waals surface area contributed by atoms with Crippen molar-refractivity contribution < 1.29 is 13.9 Å². The van der Waals surface area contributed by atoms with Crippen LogP contribution in [-0.2, 0) is 4.43 Å². The first-order valence-electron chi connectivity index (χ1n) is 15.8. The molecule has 0 bridgehead atoms. The van der Waals surface area contributed by atoms with Gasteiger partial charge >= 0.3 is 263 Å². The van der Waals surface area contributed by atoms with Crippen LogP contribution in [0.5, 0.6) is 11.5 Å². The van der Waals surface area contributed by atoms with Gasteiger partial charge in [0.15, 0.2) is 0 Å². The maximum absolute atomic E-state index is 6.88. The Morgan fingerprint density at radius 3 is 1.93 bits per heavy atom. The quantitative estimate of drug-likeness (QED) is 0.150. The van der Waals surface area contributed by atoms with Crippen molar-refractivity contribution in [1.29, 1.82) is 0 Å². The molecule has 0 aromatic heterocycles. The van der Waals surface area contributed by atoms with Crippen molar-refractivity contribution in [2.24, 2.45) is 0 Å². The van der Waals surface area contributed by atoms with Crippen LogP contribution < -0.4 is 9.47 Å². The van der Waals surface area contributed by atoms with E-state index in [9.17, 15) is 0 Å². The molecule has 1 aliphatic rings. The van der Waals surface area contributed by atoms with Crippen LogP contribution in [-0.4, -0.2) is 59.0 Å². The third-order valence-electron chi connectivity index (χ3n) is 9.05. The summed E-state index contributed by atoms with van der Waals surface area (Å²) in [6.07, 6.45) is 11.7. The Morgan fingerprint density at radius 2 is 1.48 bits per heavy atom. The molecule has 1 heterocycles. The summed E-state index contributed by atoms with van der Waals surface area (Å²) in [4.78, 5) is 0. The van der Waals surface area contributed by atoms with E-state index in [4.69, 9.17) is 13.9 Å². The van der Waals surface area contributed by atoms with E-state index in [0.29, 0.717) is 11.2 Å². The van der Waals surface area contributed by atoms with Gasteiger partial charge in [-0.25, -0.2) is 0 Å². The van der Waals surface area contributed by atoms with Crippen LogP contribution in [0.1, 0.15) is 102 Å². The minimum absolute atomic E-state index is 0.201. The summed E-state index contributed by atoms with van der Waals surface area (Å²) in [5.41, 5.74) is 2.84. The molecule has 0 radical (unpaired) electrons. The van der Waals surface area contributed by atoms with Crippen LogP contribution in [0.3, 0.4) is 0 Å². The standard InChI is InChI=1S/C21H33O3S2Si.3C4H9.Sn/c1-21(2,3)27(6,7)24-11-8-10-17-18(20-25-12-9-13-26-20)14-16(22-4)15-19(17)23-5;3*1-3-4-2;/h8,14-15,20H,9,11-13H2,1-7H3;3*1,3-4H2,2H3;. The Balaban J connectivity index is 2.86. The molecule has 1 aliphatic heterocycles. The molecule has 1 fully saturated rings. The fourth-order valence-electron chi connectivity index (χ4n) is 5.49. The second-order valence-corrected chi connectivity index (χ2v) is 33.7. The number of hydrogen-bond acceptors (Lipinski definition) is 5. The predicted molar refractivity (Wildman–Crippen MR) is 188 cm³/mol. The van der Waals surface area contributed by atoms with Gasteiger partial charge in [0.05, 0.1) is 0 Å². The van der Waals surface area contributed by atoms with E-state index in [0.717, 1.165) is 11.5 Å². The van der Waals surface area contributed by atoms with Crippen LogP contribution in [0.4, 0.5) is 0 Å². The molecule has 0 amide bonds. The zero-order chi connectivity index (χ0) is 29.8. The van der Waals surface area contributed by atoms with E-state index in [1.165, 1.54) is 80.9 Å². The number of thioether (sulfide) groups is 2. The van der Waals surface area contributed by atoms with Gasteiger partial charge in [-0.05, 0) is 0 Å². The van der Waals surface area contributed by atoms with Crippen LogP contribution in [0.15, 0.2) is 18.2 Å². The first-order valence-corrected chi connectivity index (χ1v) is 28.3. The summed E-state index contributed by atoms with van der Waals surface area (Å²) < 4.78 is 25.4. The van der Waals surface area contributed by atoms with Crippen LogP contribution in [0.25, 0.3) is 3.59 Å². The third-order valence-corrected chi connectivity index (χ3v) is 32.3. The zero-order valence-electron chi connectivity index (χ0n) is 27.5. The van der Waals surface area contributed by atoms with E-state index in [1.54, 1.807) is 10.7 Å². The molecule has 40 heavy (non-hydrogen) atoms. The van der Waals surface area contributed by atoms with Gasteiger partial charge in [-0.3, -0.25) is 0 Å². The van der Waals surface area contributed by atoms with E-state index >= 15 is 0 Å². The van der Waals surface area contributed by atoms with Gasteiger partial charge in [-0.15, -0.1) is 0 Å². The Labute approximate surface area is 261 Å². The van der Waals surface area contributed by atoms with Gasteiger partial charge < -0.3 is 0 Å². The second kappa shape index (κ2) is 17.5. The molecule has 0 saturated carbocycles. The number of ether oxygens (including phenoxy) is 2. The molecule has 2 rings (SSSR count). The van der Waals surface area contributed by atoms with E-state index in [-0.39, 0.29) is 5.04 Å². The van der Waals surface area contributed by atoms with Gasteiger partial charge in [0, 0.05) is 0 Å². The maximum atomic E-state index is 6.88. The van der Waals surface area contributed by atoms with Crippen molar-refractivity contribution >= 4 is 53.8 Å². The zero-order valence-corrected chi connectivity index (χ0v) is 33.0. The molecular weight excluding hydrogens is 655 g/mol. The van der Waals surface area contributed by atoms with E-state index in [1.807, 2.05) is 7.11 Å². The molecule has 1 saturated heterocycles. The molecule has 0 unspecified atom stereocenters. The summed E-state index contributed by atoms with van der Waals surface area (Å²) in [5.74, 6) is 4.36. The van der Waals surface area contributed by atoms with E-state index in [2.05, 4.69) is 96.4 Å². The summed E-state index contributed by atoms with van der Waals surface area (Å²) in [6, 6.07) is 4.49. The Kier molecular flexibility index (Phi) is 15.9. The SMILES string of the molecule is CCC[CH2][Sn]([CH2]CCC)([CH2]CCC)/[C](=C/CO[Si](C)(C)C(C)(C)C)c1c(OC)cc(OC)cc1C1SCCCS1. The molecule has 1 aromatic rings. The van der Waals surface area contributed by atoms with Gasteiger partial charge in [0.1, 0.15) is 0 Å². The van der Waals surface area contributed by atoms with Crippen LogP contribution in [0, 0.1) is 0 Å². The van der Waals surface area contributed by atoms with Crippen LogP contribution >= 0.6 is 23.5 Å². The number of hydrogen-bond donors (Lipinski definition) is 0. The number of benzene rings is 1. The van der Waals surface area contributed by atoms with Gasteiger partial charge in [-0.2, -0.15) is 0 Å². The first kappa shape index (κ1) is 36.4. The molecular formula is C33H60O3S2SiSn. The van der Waals surface area contributed by atoms with Crippen molar-refractivity contribution in [3.05, 3.63) is 29.3 Å². The molecule has 230 valence electrons. The average molecular weight is 716 g/mol. The van der Waals surface area contributed by atoms with Crippen molar-refractivity contribution in [1.82, 2.24) is 0 Å². The van der Waals surface area contributed by atoms with Gasteiger partial charge in [0.2, 0.25) is 0 Å². The summed E-state index contributed by atoms with van der Waals surface area (Å²) >= 11 is 1.31. The normalized spacial score (nSPS) is 15.9. The monoisotopic (exact) mass is 716 g/mol. The Morgan fingerprint density at radius 1 is 0.925 bits per heavy atom. The number of methoxy groups -OCH3 is 2. The summed E-state index contributed by atoms with van der Waals surface area (Å²) in [5, 5.41) is 0.201. The van der Waals surface area contributed by atoms with Gasteiger partial charge in [0.25, 0.3) is 0 Å². The topological polar surface area (TPSA) is 27.7 Å². The fourth-order valence-corrected chi connectivity index (χ4v) is 26.4. The molecule has 0 aliphatic carbocycles. The van der Waals surface area contributed by atoms with E-state index < -0.39 is 26.7 Å². The summed E-state index contributed by atoms with van der Waals surface area (Å²) in [7, 11) is 1.77. The Hall–Kier alpha value is 0.236. The van der Waals surface area contributed by atoms with Crippen molar-refractivity contribution in [3.63, 3.8) is 0 Å². The molecule has 0 atom stereocenters. The van der Waals surface area contributed by atoms with Crippen molar-refractivity contribution in [2.45, 2.75) is 123 Å². The molecule has 1 aromatic carbocycles. The molecule has 3 nitrogen and oxygen atoms in total. The van der Waals surface area contributed by atoms with Gasteiger partial charge in [-0.1, -0.05) is 0 Å². The molecule has 0 spiro atoms. The fraction of sp³-hybridized carbons (Fsp3) is 0.758. The van der Waals surface area contributed by atoms with Crippen LogP contribution in [0.2, 0.25) is 31.4 Å². The van der Waals surface area contributed by atoms with Crippen molar-refractivity contribution in [3.8, 4) is 11.5 Å². The molecule has 0 N–H and O–H groups in total. The summed E-state index contributed by atoms with van der Waals surface area (Å²) in [6.45, 7) is 19.6. The number of rotatable bonds is 17.